The quantitative estimate of drug-likeness (QED) is 0.408. The first-order valence-corrected chi connectivity index (χ1v) is 10.5. The molecule has 0 unspecified atom stereocenters. The van der Waals surface area contributed by atoms with Gasteiger partial charge in [0.25, 0.3) is 0 Å². The zero-order valence-electron chi connectivity index (χ0n) is 18.7. The van der Waals surface area contributed by atoms with E-state index in [1.807, 2.05) is 63.2 Å². The molecule has 0 atom stereocenters. The highest BCUT2D eigenvalue weighted by atomic mass is 16.5. The van der Waals surface area contributed by atoms with Crippen molar-refractivity contribution in [3.05, 3.63) is 71.4 Å². The number of rotatable bonds is 12. The molecule has 0 saturated heterocycles. The minimum Gasteiger partial charge on any atom is -0.494 e. The first-order chi connectivity index (χ1) is 14.5. The highest BCUT2D eigenvalue weighted by Crippen LogP contribution is 2.17. The molecular weight excluding hydrogens is 374 g/mol. The molecule has 0 fully saturated rings. The van der Waals surface area contributed by atoms with Crippen LogP contribution in [0.4, 0.5) is 0 Å². The number of hydrogen-bond donors (Lipinski definition) is 1. The minimum atomic E-state index is 0.667. The zero-order chi connectivity index (χ0) is 21.8. The van der Waals surface area contributed by atoms with Gasteiger partial charge in [0.1, 0.15) is 11.5 Å². The molecular formula is C25H35N3O2. The van der Waals surface area contributed by atoms with Crippen molar-refractivity contribution in [2.45, 2.75) is 33.7 Å². The first kappa shape index (κ1) is 23.5. The molecule has 5 nitrogen and oxygen atoms in total. The van der Waals surface area contributed by atoms with Gasteiger partial charge in [-0.3, -0.25) is 4.99 Å². The number of nitrogens with zero attached hydrogens (tertiary/aromatic N) is 2. The molecule has 0 amide bonds. The summed E-state index contributed by atoms with van der Waals surface area (Å²) < 4.78 is 11.3. The van der Waals surface area contributed by atoms with Crippen molar-refractivity contribution in [1.29, 1.82) is 0 Å². The van der Waals surface area contributed by atoms with Crippen molar-refractivity contribution in [2.24, 2.45) is 10.7 Å². The van der Waals surface area contributed by atoms with Crippen LogP contribution < -0.4 is 15.2 Å². The lowest BCUT2D eigenvalue weighted by Crippen LogP contribution is -2.27. The molecule has 0 bridgehead atoms. The molecule has 0 saturated carbocycles. The molecule has 5 heteroatoms. The molecule has 2 aromatic carbocycles. The summed E-state index contributed by atoms with van der Waals surface area (Å²) in [6.45, 7) is 9.65. The molecule has 0 heterocycles. The third-order valence-electron chi connectivity index (χ3n) is 4.77. The summed E-state index contributed by atoms with van der Waals surface area (Å²) in [6.07, 6.45) is 0.931. The van der Waals surface area contributed by atoms with E-state index >= 15 is 0 Å². The fourth-order valence-electron chi connectivity index (χ4n) is 3.09. The number of likely N-dealkylation sites (N-methyl/N-ethyl adjacent to an activating group) is 1. The van der Waals surface area contributed by atoms with E-state index in [1.54, 1.807) is 0 Å². The maximum atomic E-state index is 6.16. The Labute approximate surface area is 181 Å². The van der Waals surface area contributed by atoms with E-state index in [2.05, 4.69) is 24.1 Å². The summed E-state index contributed by atoms with van der Waals surface area (Å²) in [5.74, 6) is 1.73. The van der Waals surface area contributed by atoms with Crippen molar-refractivity contribution in [2.75, 3.05) is 33.4 Å². The summed E-state index contributed by atoms with van der Waals surface area (Å²) in [7, 11) is 2.10. The molecule has 0 aliphatic carbocycles. The van der Waals surface area contributed by atoms with E-state index in [0.29, 0.717) is 19.8 Å². The van der Waals surface area contributed by atoms with Crippen LogP contribution in [0.5, 0.6) is 11.5 Å². The van der Waals surface area contributed by atoms with Crippen LogP contribution >= 0.6 is 0 Å². The SMILES string of the molecule is CCOc1ccc(OCCCN(C)C/C(C(C)=NCc2ccccc2)=C(\C)N)cc1. The number of allylic oxidation sites excluding steroid dienone is 1. The number of benzene rings is 2. The Balaban J connectivity index is 1.78. The van der Waals surface area contributed by atoms with Gasteiger partial charge in [0.2, 0.25) is 0 Å². The minimum absolute atomic E-state index is 0.667. The van der Waals surface area contributed by atoms with Crippen LogP contribution in [-0.4, -0.2) is 44.0 Å². The first-order valence-electron chi connectivity index (χ1n) is 10.5. The Bertz CT molecular complexity index is 810. The van der Waals surface area contributed by atoms with Gasteiger partial charge in [-0.25, -0.2) is 0 Å². The normalized spacial score (nSPS) is 12.6. The average molecular weight is 410 g/mol. The van der Waals surface area contributed by atoms with Crippen molar-refractivity contribution in [3.63, 3.8) is 0 Å². The van der Waals surface area contributed by atoms with Gasteiger partial charge < -0.3 is 20.1 Å². The summed E-state index contributed by atoms with van der Waals surface area (Å²) >= 11 is 0. The van der Waals surface area contributed by atoms with Crippen molar-refractivity contribution in [3.8, 4) is 11.5 Å². The van der Waals surface area contributed by atoms with Crippen LogP contribution in [0.1, 0.15) is 32.8 Å². The number of nitrogens with two attached hydrogens (primary N) is 1. The van der Waals surface area contributed by atoms with Gasteiger partial charge in [0.15, 0.2) is 0 Å². The Hall–Kier alpha value is -2.79. The largest absolute Gasteiger partial charge is 0.494 e. The van der Waals surface area contributed by atoms with Crippen molar-refractivity contribution < 1.29 is 9.47 Å². The Morgan fingerprint density at radius 1 is 0.967 bits per heavy atom. The van der Waals surface area contributed by atoms with E-state index in [-0.39, 0.29) is 0 Å². The van der Waals surface area contributed by atoms with Crippen LogP contribution in [-0.2, 0) is 6.54 Å². The smallest absolute Gasteiger partial charge is 0.119 e. The Morgan fingerprint density at radius 2 is 1.60 bits per heavy atom. The lowest BCUT2D eigenvalue weighted by molar-refractivity contribution is 0.271. The van der Waals surface area contributed by atoms with Crippen LogP contribution in [0, 0.1) is 0 Å². The Kier molecular flexibility index (Phi) is 9.95. The predicted octanol–water partition coefficient (Wildman–Crippen LogP) is 4.68. The second-order valence-electron chi connectivity index (χ2n) is 7.39. The monoisotopic (exact) mass is 409 g/mol. The maximum absolute atomic E-state index is 6.16. The Morgan fingerprint density at radius 3 is 2.20 bits per heavy atom. The van der Waals surface area contributed by atoms with Crippen molar-refractivity contribution in [1.82, 2.24) is 4.90 Å². The molecule has 2 rings (SSSR count). The third-order valence-corrected chi connectivity index (χ3v) is 4.77. The van der Waals surface area contributed by atoms with Crippen molar-refractivity contribution >= 4 is 5.71 Å². The molecule has 0 aliphatic heterocycles. The summed E-state index contributed by atoms with van der Waals surface area (Å²) in [5.41, 5.74) is 10.3. The maximum Gasteiger partial charge on any atom is 0.119 e. The second-order valence-corrected chi connectivity index (χ2v) is 7.39. The molecule has 0 radical (unpaired) electrons. The molecule has 2 aromatic rings. The topological polar surface area (TPSA) is 60.1 Å². The van der Waals surface area contributed by atoms with Gasteiger partial charge in [0.05, 0.1) is 19.8 Å². The predicted molar refractivity (Wildman–Crippen MR) is 125 cm³/mol. The van der Waals surface area contributed by atoms with Crippen LogP contribution in [0.15, 0.2) is 70.9 Å². The standard InChI is InChI=1S/C25H35N3O2/c1-5-29-23-12-14-24(15-13-23)30-17-9-16-28(4)19-25(20(2)26)21(3)27-18-22-10-7-6-8-11-22/h6-8,10-15H,5,9,16-19,26H2,1-4H3/b25-20-,27-21?. The lowest BCUT2D eigenvalue weighted by atomic mass is 10.1. The van der Waals surface area contributed by atoms with Crippen LogP contribution in [0.2, 0.25) is 0 Å². The molecule has 30 heavy (non-hydrogen) atoms. The number of aliphatic imine (C=N–C) groups is 1. The molecule has 162 valence electrons. The number of hydrogen-bond acceptors (Lipinski definition) is 5. The molecule has 0 spiro atoms. The summed E-state index contributed by atoms with van der Waals surface area (Å²) in [4.78, 5) is 7.00. The summed E-state index contributed by atoms with van der Waals surface area (Å²) in [5, 5.41) is 0. The van der Waals surface area contributed by atoms with Gasteiger partial charge in [-0.2, -0.15) is 0 Å². The van der Waals surface area contributed by atoms with Crippen LogP contribution in [0.25, 0.3) is 0 Å². The average Bonchev–Trinajstić information content (AvgIpc) is 2.75. The third kappa shape index (κ3) is 8.29. The second kappa shape index (κ2) is 12.7. The van der Waals surface area contributed by atoms with E-state index in [1.165, 1.54) is 5.56 Å². The zero-order valence-corrected chi connectivity index (χ0v) is 18.7. The highest BCUT2D eigenvalue weighted by molar-refractivity contribution is 5.99. The van der Waals surface area contributed by atoms with E-state index in [4.69, 9.17) is 20.2 Å². The number of ether oxygens (including phenoxy) is 2. The van der Waals surface area contributed by atoms with E-state index in [0.717, 1.165) is 48.0 Å². The van der Waals surface area contributed by atoms with Gasteiger partial charge in [-0.15, -0.1) is 0 Å². The fraction of sp³-hybridized carbons (Fsp3) is 0.400. The van der Waals surface area contributed by atoms with Gasteiger partial charge in [0, 0.05) is 30.1 Å². The summed E-state index contributed by atoms with van der Waals surface area (Å²) in [6, 6.07) is 18.0. The van der Waals surface area contributed by atoms with Gasteiger partial charge >= 0.3 is 0 Å². The van der Waals surface area contributed by atoms with Gasteiger partial charge in [-0.1, -0.05) is 30.3 Å². The van der Waals surface area contributed by atoms with Gasteiger partial charge in [-0.05, 0) is 64.1 Å². The highest BCUT2D eigenvalue weighted by Gasteiger charge is 2.09. The molecule has 0 aliphatic rings. The lowest BCUT2D eigenvalue weighted by Gasteiger charge is -2.20. The fourth-order valence-corrected chi connectivity index (χ4v) is 3.09. The van der Waals surface area contributed by atoms with E-state index in [9.17, 15) is 0 Å². The molecule has 0 aromatic heterocycles. The van der Waals surface area contributed by atoms with Crippen LogP contribution in [0.3, 0.4) is 0 Å². The molecule has 2 N–H and O–H groups in total. The van der Waals surface area contributed by atoms with E-state index < -0.39 is 0 Å².